The van der Waals surface area contributed by atoms with Crippen LogP contribution in [0.1, 0.15) is 15.9 Å². The Morgan fingerprint density at radius 1 is 1.20 bits per heavy atom. The van der Waals surface area contributed by atoms with Gasteiger partial charge in [0.05, 0.1) is 22.9 Å². The number of thiazole rings is 1. The summed E-state index contributed by atoms with van der Waals surface area (Å²) in [5.74, 6) is -0.459. The molecule has 0 spiro atoms. The molecule has 0 aliphatic rings. The Hall–Kier alpha value is -2.45. The smallest absolute Gasteiger partial charge is 0.413 e. The average Bonchev–Trinajstić information content (AvgIpc) is 3.05. The number of amides is 1. The number of esters is 1. The Labute approximate surface area is 155 Å². The first-order chi connectivity index (χ1) is 12.1. The van der Waals surface area contributed by atoms with Crippen LogP contribution >= 0.6 is 27.3 Å². The van der Waals surface area contributed by atoms with Crippen LogP contribution in [0, 0.1) is 0 Å². The monoisotopic (exact) mass is 420 g/mol. The van der Waals surface area contributed by atoms with Crippen LogP contribution in [0.25, 0.3) is 10.2 Å². The van der Waals surface area contributed by atoms with Crippen molar-refractivity contribution in [2.24, 2.45) is 0 Å². The highest BCUT2D eigenvalue weighted by Crippen LogP contribution is 2.34. The van der Waals surface area contributed by atoms with Gasteiger partial charge in [0, 0.05) is 4.47 Å². The van der Waals surface area contributed by atoms with Gasteiger partial charge in [-0.1, -0.05) is 41.7 Å². The summed E-state index contributed by atoms with van der Waals surface area (Å²) in [5.41, 5.74) is 1.85. The van der Waals surface area contributed by atoms with E-state index in [0.29, 0.717) is 20.9 Å². The molecule has 128 valence electrons. The molecule has 0 radical (unpaired) electrons. The Bertz CT molecular complexity index is 927. The second-order valence-electron chi connectivity index (χ2n) is 4.97. The summed E-state index contributed by atoms with van der Waals surface area (Å²) in [6.45, 7) is 0.161. The highest BCUT2D eigenvalue weighted by atomic mass is 79.9. The molecule has 0 atom stereocenters. The summed E-state index contributed by atoms with van der Waals surface area (Å²) in [4.78, 5) is 28.1. The van der Waals surface area contributed by atoms with Crippen molar-refractivity contribution >= 4 is 54.7 Å². The standard InChI is InChI=1S/C17H13BrN2O4S/c1-23-15(21)11-7-8-12(18)13-14(11)25-16(19-13)20-17(22)24-9-10-5-3-2-4-6-10/h2-8H,9H2,1H3,(H,19,20,22). The lowest BCUT2D eigenvalue weighted by atomic mass is 10.2. The van der Waals surface area contributed by atoms with Gasteiger partial charge in [-0.05, 0) is 33.6 Å². The Morgan fingerprint density at radius 2 is 1.96 bits per heavy atom. The highest BCUT2D eigenvalue weighted by molar-refractivity contribution is 9.10. The lowest BCUT2D eigenvalue weighted by Gasteiger charge is -2.04. The molecule has 3 rings (SSSR count). The number of hydrogen-bond donors (Lipinski definition) is 1. The van der Waals surface area contributed by atoms with Crippen LogP contribution in [0.2, 0.25) is 0 Å². The maximum Gasteiger partial charge on any atom is 0.413 e. The molecule has 0 saturated carbocycles. The van der Waals surface area contributed by atoms with Crippen LogP contribution in [0.15, 0.2) is 46.9 Å². The molecule has 25 heavy (non-hydrogen) atoms. The van der Waals surface area contributed by atoms with Crippen LogP contribution in [-0.2, 0) is 16.1 Å². The van der Waals surface area contributed by atoms with Crippen molar-refractivity contribution < 1.29 is 19.1 Å². The topological polar surface area (TPSA) is 77.5 Å². The normalized spacial score (nSPS) is 10.5. The predicted octanol–water partition coefficient (Wildman–Crippen LogP) is 4.59. The van der Waals surface area contributed by atoms with Gasteiger partial charge in [-0.3, -0.25) is 5.32 Å². The van der Waals surface area contributed by atoms with Gasteiger partial charge in [0.15, 0.2) is 5.13 Å². The number of nitrogens with one attached hydrogen (secondary N) is 1. The van der Waals surface area contributed by atoms with Gasteiger partial charge in [0.1, 0.15) is 6.61 Å². The largest absolute Gasteiger partial charge is 0.465 e. The van der Waals surface area contributed by atoms with Gasteiger partial charge < -0.3 is 9.47 Å². The first kappa shape index (κ1) is 17.4. The van der Waals surface area contributed by atoms with Gasteiger partial charge >= 0.3 is 12.1 Å². The van der Waals surface area contributed by atoms with E-state index in [9.17, 15) is 9.59 Å². The first-order valence-corrected chi connectivity index (χ1v) is 8.84. The van der Waals surface area contributed by atoms with Gasteiger partial charge in [-0.2, -0.15) is 0 Å². The highest BCUT2D eigenvalue weighted by Gasteiger charge is 2.18. The van der Waals surface area contributed by atoms with E-state index in [1.807, 2.05) is 30.3 Å². The molecule has 0 saturated heterocycles. The molecule has 0 bridgehead atoms. The van der Waals surface area contributed by atoms with Gasteiger partial charge in [0.2, 0.25) is 0 Å². The zero-order chi connectivity index (χ0) is 17.8. The fourth-order valence-corrected chi connectivity index (χ4v) is 3.67. The molecule has 8 heteroatoms. The van der Waals surface area contributed by atoms with Gasteiger partial charge in [-0.25, -0.2) is 14.6 Å². The molecular formula is C17H13BrN2O4S. The quantitative estimate of drug-likeness (QED) is 0.624. The van der Waals surface area contributed by atoms with E-state index >= 15 is 0 Å². The molecule has 0 aliphatic carbocycles. The van der Waals surface area contributed by atoms with Gasteiger partial charge in [0.25, 0.3) is 0 Å². The number of fused-ring (bicyclic) bond motifs is 1. The van der Waals surface area contributed by atoms with Crippen LogP contribution in [0.4, 0.5) is 9.93 Å². The molecule has 0 aliphatic heterocycles. The zero-order valence-electron chi connectivity index (χ0n) is 13.1. The molecule has 1 amide bonds. The molecule has 3 aromatic rings. The maximum atomic E-state index is 12.0. The molecule has 6 nitrogen and oxygen atoms in total. The van der Waals surface area contributed by atoms with Crippen LogP contribution < -0.4 is 5.32 Å². The third-order valence-electron chi connectivity index (χ3n) is 3.32. The van der Waals surface area contributed by atoms with Crippen molar-refractivity contribution in [2.75, 3.05) is 12.4 Å². The zero-order valence-corrected chi connectivity index (χ0v) is 15.5. The van der Waals surface area contributed by atoms with E-state index in [0.717, 1.165) is 10.0 Å². The molecule has 1 heterocycles. The van der Waals surface area contributed by atoms with Crippen molar-refractivity contribution in [2.45, 2.75) is 6.61 Å². The number of anilines is 1. The third-order valence-corrected chi connectivity index (χ3v) is 4.97. The number of benzene rings is 2. The first-order valence-electron chi connectivity index (χ1n) is 7.23. The fourth-order valence-electron chi connectivity index (χ4n) is 2.15. The lowest BCUT2D eigenvalue weighted by Crippen LogP contribution is -2.13. The van der Waals surface area contributed by atoms with E-state index in [1.165, 1.54) is 18.4 Å². The number of ether oxygens (including phenoxy) is 2. The minimum absolute atomic E-state index is 0.161. The third kappa shape index (κ3) is 3.97. The predicted molar refractivity (Wildman–Crippen MR) is 98.9 cm³/mol. The number of carbonyl (C=O) groups is 2. The van der Waals surface area contributed by atoms with E-state index in [1.54, 1.807) is 12.1 Å². The second kappa shape index (κ2) is 7.62. The van der Waals surface area contributed by atoms with Crippen LogP contribution in [-0.4, -0.2) is 24.2 Å². The number of halogens is 1. The molecule has 2 aromatic carbocycles. The van der Waals surface area contributed by atoms with Crippen LogP contribution in [0.5, 0.6) is 0 Å². The number of carbonyl (C=O) groups excluding carboxylic acids is 2. The minimum Gasteiger partial charge on any atom is -0.465 e. The average molecular weight is 421 g/mol. The van der Waals surface area contributed by atoms with Crippen molar-refractivity contribution in [3.05, 3.63) is 58.1 Å². The van der Waals surface area contributed by atoms with Crippen LogP contribution in [0.3, 0.4) is 0 Å². The molecular weight excluding hydrogens is 408 g/mol. The van der Waals surface area contributed by atoms with E-state index in [4.69, 9.17) is 9.47 Å². The molecule has 0 unspecified atom stereocenters. The van der Waals surface area contributed by atoms with Crippen molar-refractivity contribution in [3.8, 4) is 0 Å². The summed E-state index contributed by atoms with van der Waals surface area (Å²) < 4.78 is 11.3. The summed E-state index contributed by atoms with van der Waals surface area (Å²) in [7, 11) is 1.32. The Kier molecular flexibility index (Phi) is 5.30. The van der Waals surface area contributed by atoms with Crippen molar-refractivity contribution in [1.29, 1.82) is 0 Å². The van der Waals surface area contributed by atoms with Crippen molar-refractivity contribution in [3.63, 3.8) is 0 Å². The maximum absolute atomic E-state index is 12.0. The van der Waals surface area contributed by atoms with Crippen molar-refractivity contribution in [1.82, 2.24) is 4.98 Å². The summed E-state index contributed by atoms with van der Waals surface area (Å²) in [6.07, 6.45) is -0.612. The minimum atomic E-state index is -0.612. The second-order valence-corrected chi connectivity index (χ2v) is 6.82. The summed E-state index contributed by atoms with van der Waals surface area (Å²) >= 11 is 4.57. The number of methoxy groups -OCH3 is 1. The number of rotatable bonds is 4. The molecule has 1 aromatic heterocycles. The van der Waals surface area contributed by atoms with Gasteiger partial charge in [-0.15, -0.1) is 0 Å². The Balaban J connectivity index is 1.76. The van der Waals surface area contributed by atoms with E-state index < -0.39 is 12.1 Å². The number of aromatic nitrogens is 1. The lowest BCUT2D eigenvalue weighted by molar-refractivity contribution is 0.0603. The number of nitrogens with zero attached hydrogens (tertiary/aromatic N) is 1. The summed E-state index contributed by atoms with van der Waals surface area (Å²) in [5, 5.41) is 2.92. The Morgan fingerprint density at radius 3 is 2.68 bits per heavy atom. The fraction of sp³-hybridized carbons (Fsp3) is 0.118. The molecule has 1 N–H and O–H groups in total. The molecule has 0 fully saturated rings. The van der Waals surface area contributed by atoms with E-state index in [-0.39, 0.29) is 6.61 Å². The SMILES string of the molecule is COC(=O)c1ccc(Br)c2nc(NC(=O)OCc3ccccc3)sc12. The summed E-state index contributed by atoms with van der Waals surface area (Å²) in [6, 6.07) is 12.7. The van der Waals surface area contributed by atoms with E-state index in [2.05, 4.69) is 26.2 Å². The number of hydrogen-bond acceptors (Lipinski definition) is 6.